The van der Waals surface area contributed by atoms with E-state index in [1.807, 2.05) is 6.07 Å². The fraction of sp³-hybridized carbons (Fsp3) is 0.360. The molecule has 4 rings (SSSR count). The Hall–Kier alpha value is -1.87. The van der Waals surface area contributed by atoms with Crippen LogP contribution in [0.4, 0.5) is 0 Å². The van der Waals surface area contributed by atoms with E-state index in [4.69, 9.17) is 0 Å². The molecule has 0 bridgehead atoms. The van der Waals surface area contributed by atoms with Crippen molar-refractivity contribution in [2.45, 2.75) is 56.7 Å². The molecule has 1 aliphatic carbocycles. The number of fused-ring (bicyclic) bond motifs is 1. The van der Waals surface area contributed by atoms with Crippen molar-refractivity contribution in [3.63, 3.8) is 0 Å². The summed E-state index contributed by atoms with van der Waals surface area (Å²) in [6.07, 6.45) is 4.16. The summed E-state index contributed by atoms with van der Waals surface area (Å²) in [7, 11) is 0. The molecule has 0 aromatic heterocycles. The van der Waals surface area contributed by atoms with Crippen molar-refractivity contribution in [2.75, 3.05) is 0 Å². The van der Waals surface area contributed by atoms with Gasteiger partial charge in [0.2, 0.25) is 0 Å². The molecule has 0 heterocycles. The van der Waals surface area contributed by atoms with E-state index in [1.54, 1.807) is 0 Å². The van der Waals surface area contributed by atoms with E-state index < -0.39 is 5.60 Å². The van der Waals surface area contributed by atoms with Crippen LogP contribution in [-0.4, -0.2) is 16.7 Å². The Kier molecular flexibility index (Phi) is 6.77. The second-order valence-electron chi connectivity index (χ2n) is 7.98. The van der Waals surface area contributed by atoms with Crippen LogP contribution in [0, 0.1) is 0 Å². The van der Waals surface area contributed by atoms with E-state index in [1.165, 1.54) is 28.3 Å². The smallest absolute Gasteiger partial charge is 0.0865 e. The number of hydrogen-bond donors (Lipinski definition) is 2. The lowest BCUT2D eigenvalue weighted by Gasteiger charge is -2.45. The van der Waals surface area contributed by atoms with Crippen molar-refractivity contribution in [1.82, 2.24) is 5.32 Å². The van der Waals surface area contributed by atoms with Gasteiger partial charge in [0.05, 0.1) is 5.60 Å². The van der Waals surface area contributed by atoms with Crippen LogP contribution < -0.4 is 5.32 Å². The van der Waals surface area contributed by atoms with Gasteiger partial charge in [-0.25, -0.2) is 0 Å². The third-order valence-electron chi connectivity index (χ3n) is 6.34. The number of hydrogen-bond acceptors (Lipinski definition) is 2. The van der Waals surface area contributed by atoms with E-state index in [2.05, 4.69) is 79.0 Å². The molecule has 0 spiro atoms. The van der Waals surface area contributed by atoms with Gasteiger partial charge in [-0.15, -0.1) is 12.4 Å². The van der Waals surface area contributed by atoms with E-state index in [-0.39, 0.29) is 24.4 Å². The lowest BCUT2D eigenvalue weighted by atomic mass is 9.70. The number of aliphatic hydroxyl groups is 1. The van der Waals surface area contributed by atoms with Crippen LogP contribution in [0.1, 0.15) is 49.7 Å². The third kappa shape index (κ3) is 4.25. The Morgan fingerprint density at radius 3 is 2.46 bits per heavy atom. The first kappa shape index (κ1) is 20.9. The fourth-order valence-corrected chi connectivity index (χ4v) is 4.58. The first-order valence-corrected chi connectivity index (χ1v) is 10.2. The molecular weight excluding hydrogens is 366 g/mol. The summed E-state index contributed by atoms with van der Waals surface area (Å²) in [5.74, 6) is 0.0932. The highest BCUT2D eigenvalue weighted by atomic mass is 35.5. The number of benzene rings is 3. The molecular formula is C25H30ClNO. The molecule has 3 atom stereocenters. The minimum Gasteiger partial charge on any atom is -0.388 e. The maximum absolute atomic E-state index is 11.7. The Balaban J connectivity index is 0.00000225. The topological polar surface area (TPSA) is 32.3 Å². The molecule has 3 unspecified atom stereocenters. The monoisotopic (exact) mass is 395 g/mol. The van der Waals surface area contributed by atoms with Crippen molar-refractivity contribution in [2.24, 2.45) is 0 Å². The largest absolute Gasteiger partial charge is 0.388 e. The van der Waals surface area contributed by atoms with E-state index in [0.717, 1.165) is 25.8 Å². The molecule has 3 aromatic rings. The molecule has 0 aliphatic heterocycles. The molecule has 1 saturated carbocycles. The molecule has 2 N–H and O–H groups in total. The minimum atomic E-state index is -0.713. The van der Waals surface area contributed by atoms with Gasteiger partial charge in [0.15, 0.2) is 0 Å². The van der Waals surface area contributed by atoms with Crippen molar-refractivity contribution >= 4 is 23.2 Å². The van der Waals surface area contributed by atoms with E-state index >= 15 is 0 Å². The minimum absolute atomic E-state index is 0. The molecule has 0 saturated heterocycles. The van der Waals surface area contributed by atoms with E-state index in [0.29, 0.717) is 0 Å². The van der Waals surface area contributed by atoms with Crippen LogP contribution in [0.2, 0.25) is 0 Å². The van der Waals surface area contributed by atoms with Crippen LogP contribution in [-0.2, 0) is 6.54 Å². The van der Waals surface area contributed by atoms with Crippen LogP contribution in [0.5, 0.6) is 0 Å². The van der Waals surface area contributed by atoms with E-state index in [9.17, 15) is 5.11 Å². The number of rotatable bonds is 5. The van der Waals surface area contributed by atoms with Gasteiger partial charge in [0.25, 0.3) is 0 Å². The molecule has 148 valence electrons. The van der Waals surface area contributed by atoms with Crippen molar-refractivity contribution in [3.8, 4) is 0 Å². The van der Waals surface area contributed by atoms with Gasteiger partial charge in [-0.1, -0.05) is 92.6 Å². The zero-order valence-corrected chi connectivity index (χ0v) is 17.3. The highest BCUT2D eigenvalue weighted by molar-refractivity contribution is 5.85. The van der Waals surface area contributed by atoms with Crippen LogP contribution in [0.3, 0.4) is 0 Å². The van der Waals surface area contributed by atoms with Crippen molar-refractivity contribution < 1.29 is 5.11 Å². The third-order valence-corrected chi connectivity index (χ3v) is 6.34. The summed E-state index contributed by atoms with van der Waals surface area (Å²) in [5, 5.41) is 17.9. The van der Waals surface area contributed by atoms with Crippen LogP contribution >= 0.6 is 12.4 Å². The fourth-order valence-electron chi connectivity index (χ4n) is 4.58. The van der Waals surface area contributed by atoms with Gasteiger partial charge in [-0.05, 0) is 34.7 Å². The second-order valence-corrected chi connectivity index (χ2v) is 7.98. The Morgan fingerprint density at radius 2 is 1.68 bits per heavy atom. The first-order valence-electron chi connectivity index (χ1n) is 10.2. The summed E-state index contributed by atoms with van der Waals surface area (Å²) in [6.45, 7) is 2.99. The van der Waals surface area contributed by atoms with Gasteiger partial charge in [0.1, 0.15) is 0 Å². The van der Waals surface area contributed by atoms with Crippen molar-refractivity contribution in [3.05, 3.63) is 83.9 Å². The van der Waals surface area contributed by atoms with Gasteiger partial charge < -0.3 is 10.4 Å². The molecule has 0 amide bonds. The molecule has 1 fully saturated rings. The molecule has 2 nitrogen and oxygen atoms in total. The maximum Gasteiger partial charge on any atom is 0.0865 e. The highest BCUT2D eigenvalue weighted by Gasteiger charge is 2.43. The van der Waals surface area contributed by atoms with Gasteiger partial charge >= 0.3 is 0 Å². The lowest BCUT2D eigenvalue weighted by molar-refractivity contribution is -0.0464. The van der Waals surface area contributed by atoms with Gasteiger partial charge in [-0.2, -0.15) is 0 Å². The maximum atomic E-state index is 11.7. The molecule has 3 aromatic carbocycles. The van der Waals surface area contributed by atoms with Gasteiger partial charge in [-0.3, -0.25) is 0 Å². The standard InChI is InChI=1S/C25H29NO.ClH/c1-19(22-15-14-21-11-5-6-12-23(21)17-22)25(27)16-8-7-13-24(25)26-18-20-9-3-2-4-10-20;/h2-6,9-12,14-15,17,19,24,26-27H,7-8,13,16,18H2,1H3;1H. The number of nitrogens with one attached hydrogen (secondary N) is 1. The molecule has 0 radical (unpaired) electrons. The average molecular weight is 396 g/mol. The predicted octanol–water partition coefficient (Wildman–Crippen LogP) is 5.83. The summed E-state index contributed by atoms with van der Waals surface area (Å²) in [4.78, 5) is 0. The molecule has 1 aliphatic rings. The summed E-state index contributed by atoms with van der Waals surface area (Å²) in [6, 6.07) is 25.7. The summed E-state index contributed by atoms with van der Waals surface area (Å²) >= 11 is 0. The summed E-state index contributed by atoms with van der Waals surface area (Å²) in [5.41, 5.74) is 1.78. The van der Waals surface area contributed by atoms with Gasteiger partial charge in [0, 0.05) is 18.5 Å². The van der Waals surface area contributed by atoms with Crippen LogP contribution in [0.15, 0.2) is 72.8 Å². The SMILES string of the molecule is CC(c1ccc2ccccc2c1)C1(O)CCCCC1NCc1ccccc1.Cl. The highest BCUT2D eigenvalue weighted by Crippen LogP contribution is 2.40. The van der Waals surface area contributed by atoms with Crippen LogP contribution in [0.25, 0.3) is 10.8 Å². The predicted molar refractivity (Wildman–Crippen MR) is 120 cm³/mol. The normalized spacial score (nSPS) is 23.1. The zero-order chi connectivity index (χ0) is 18.7. The second kappa shape index (κ2) is 9.09. The molecule has 28 heavy (non-hydrogen) atoms. The number of halogens is 1. The quantitative estimate of drug-likeness (QED) is 0.569. The Bertz CT molecular complexity index is 897. The molecule has 3 heteroatoms. The average Bonchev–Trinajstić information content (AvgIpc) is 2.73. The Labute approximate surface area is 174 Å². The zero-order valence-electron chi connectivity index (χ0n) is 16.5. The Morgan fingerprint density at radius 1 is 0.964 bits per heavy atom. The van der Waals surface area contributed by atoms with Crippen molar-refractivity contribution in [1.29, 1.82) is 0 Å². The summed E-state index contributed by atoms with van der Waals surface area (Å²) < 4.78 is 0. The first-order chi connectivity index (χ1) is 13.2. The lowest BCUT2D eigenvalue weighted by Crippen LogP contribution is -2.55.